The molecular formula is C15H25ClN2. The van der Waals surface area contributed by atoms with Gasteiger partial charge in [0.25, 0.3) is 0 Å². The van der Waals surface area contributed by atoms with Gasteiger partial charge >= 0.3 is 0 Å². The lowest BCUT2D eigenvalue weighted by atomic mass is 10.0. The minimum absolute atomic E-state index is 0.378. The van der Waals surface area contributed by atoms with Crippen LogP contribution in [0.4, 0.5) is 0 Å². The molecule has 0 aliphatic rings. The first kappa shape index (κ1) is 15.5. The van der Waals surface area contributed by atoms with Crippen LogP contribution < -0.4 is 5.32 Å². The van der Waals surface area contributed by atoms with Gasteiger partial charge in [-0.15, -0.1) is 0 Å². The van der Waals surface area contributed by atoms with Gasteiger partial charge in [-0.3, -0.25) is 0 Å². The lowest BCUT2D eigenvalue weighted by Crippen LogP contribution is -2.28. The Labute approximate surface area is 116 Å². The maximum Gasteiger partial charge on any atom is 0.0438 e. The number of hydrogen-bond donors (Lipinski definition) is 1. The van der Waals surface area contributed by atoms with Crippen molar-refractivity contribution >= 4 is 11.6 Å². The quantitative estimate of drug-likeness (QED) is 0.812. The molecule has 0 saturated heterocycles. The summed E-state index contributed by atoms with van der Waals surface area (Å²) in [5.41, 5.74) is 2.42. The van der Waals surface area contributed by atoms with Crippen LogP contribution in [0.1, 0.15) is 37.4 Å². The van der Waals surface area contributed by atoms with Crippen LogP contribution in [0.25, 0.3) is 0 Å². The second-order valence-corrected chi connectivity index (χ2v) is 5.07. The number of rotatable bonds is 7. The topological polar surface area (TPSA) is 15.3 Å². The summed E-state index contributed by atoms with van der Waals surface area (Å²) in [5, 5.41) is 4.24. The molecule has 0 amide bonds. The second-order valence-electron chi connectivity index (χ2n) is 4.67. The molecular weight excluding hydrogens is 244 g/mol. The van der Waals surface area contributed by atoms with E-state index in [1.54, 1.807) is 0 Å². The third-order valence-electron chi connectivity index (χ3n) is 3.58. The molecule has 1 N–H and O–H groups in total. The Morgan fingerprint density at radius 1 is 1.28 bits per heavy atom. The van der Waals surface area contributed by atoms with Crippen LogP contribution in [0.2, 0.25) is 5.02 Å². The van der Waals surface area contributed by atoms with Crippen molar-refractivity contribution in [2.45, 2.75) is 33.2 Å². The highest BCUT2D eigenvalue weighted by Gasteiger charge is 2.11. The van der Waals surface area contributed by atoms with Gasteiger partial charge in [0.2, 0.25) is 0 Å². The first-order valence-corrected chi connectivity index (χ1v) is 7.15. The van der Waals surface area contributed by atoms with Crippen molar-refractivity contribution in [1.82, 2.24) is 10.2 Å². The minimum atomic E-state index is 0.378. The smallest absolute Gasteiger partial charge is 0.0438 e. The van der Waals surface area contributed by atoms with Crippen molar-refractivity contribution in [3.8, 4) is 0 Å². The number of nitrogens with one attached hydrogen (secondary N) is 1. The van der Waals surface area contributed by atoms with E-state index in [1.807, 2.05) is 14.0 Å². The summed E-state index contributed by atoms with van der Waals surface area (Å²) in [4.78, 5) is 2.44. The van der Waals surface area contributed by atoms with Crippen molar-refractivity contribution in [2.75, 3.05) is 26.7 Å². The molecule has 0 aliphatic carbocycles. The number of halogens is 1. The van der Waals surface area contributed by atoms with E-state index >= 15 is 0 Å². The molecule has 1 aromatic rings. The molecule has 1 rings (SSSR count). The van der Waals surface area contributed by atoms with Crippen LogP contribution in [0.3, 0.4) is 0 Å². The number of nitrogens with zero attached hydrogens (tertiary/aromatic N) is 1. The molecule has 1 unspecified atom stereocenters. The Bertz CT molecular complexity index is 362. The molecule has 18 heavy (non-hydrogen) atoms. The zero-order valence-electron chi connectivity index (χ0n) is 12.0. The maximum atomic E-state index is 6.19. The van der Waals surface area contributed by atoms with Crippen LogP contribution in [-0.4, -0.2) is 31.6 Å². The fourth-order valence-electron chi connectivity index (χ4n) is 2.16. The van der Waals surface area contributed by atoms with Gasteiger partial charge in [0.05, 0.1) is 0 Å². The van der Waals surface area contributed by atoms with Crippen molar-refractivity contribution in [2.24, 2.45) is 0 Å². The fourth-order valence-corrected chi connectivity index (χ4v) is 2.34. The van der Waals surface area contributed by atoms with E-state index in [1.165, 1.54) is 5.56 Å². The Morgan fingerprint density at radius 3 is 2.44 bits per heavy atom. The molecule has 0 aliphatic heterocycles. The fraction of sp³-hybridized carbons (Fsp3) is 0.600. The molecule has 0 radical (unpaired) electrons. The summed E-state index contributed by atoms with van der Waals surface area (Å²) >= 11 is 6.19. The summed E-state index contributed by atoms with van der Waals surface area (Å²) in [7, 11) is 2.01. The normalized spacial score (nSPS) is 13.0. The molecule has 0 spiro atoms. The molecule has 0 aromatic heterocycles. The molecule has 102 valence electrons. The lowest BCUT2D eigenvalue weighted by molar-refractivity contribution is 0.284. The van der Waals surface area contributed by atoms with Crippen LogP contribution in [-0.2, 0) is 0 Å². The monoisotopic (exact) mass is 268 g/mol. The van der Waals surface area contributed by atoms with Crippen LogP contribution >= 0.6 is 11.6 Å². The second kappa shape index (κ2) is 7.78. The number of hydrogen-bond acceptors (Lipinski definition) is 2. The molecule has 1 aromatic carbocycles. The van der Waals surface area contributed by atoms with Gasteiger partial charge in [-0.2, -0.15) is 0 Å². The number of aryl methyl sites for hydroxylation is 1. The highest BCUT2D eigenvalue weighted by Crippen LogP contribution is 2.23. The molecule has 0 bridgehead atoms. The molecule has 0 fully saturated rings. The average molecular weight is 269 g/mol. The summed E-state index contributed by atoms with van der Waals surface area (Å²) in [6.45, 7) is 9.80. The van der Waals surface area contributed by atoms with Crippen molar-refractivity contribution in [1.29, 1.82) is 0 Å². The van der Waals surface area contributed by atoms with Crippen LogP contribution in [0.15, 0.2) is 18.2 Å². The summed E-state index contributed by atoms with van der Waals surface area (Å²) < 4.78 is 0. The molecule has 2 nitrogen and oxygen atoms in total. The van der Waals surface area contributed by atoms with Gasteiger partial charge in [-0.1, -0.05) is 37.6 Å². The Balaban J connectivity index is 2.67. The van der Waals surface area contributed by atoms with E-state index in [2.05, 4.69) is 42.3 Å². The van der Waals surface area contributed by atoms with E-state index in [4.69, 9.17) is 11.6 Å². The summed E-state index contributed by atoms with van der Waals surface area (Å²) in [5.74, 6) is 0. The van der Waals surface area contributed by atoms with E-state index in [9.17, 15) is 0 Å². The Hall–Kier alpha value is -0.570. The minimum Gasteiger partial charge on any atom is -0.313 e. The molecule has 1 atom stereocenters. The highest BCUT2D eigenvalue weighted by atomic mass is 35.5. The maximum absolute atomic E-state index is 6.19. The van der Waals surface area contributed by atoms with Gasteiger partial charge < -0.3 is 10.2 Å². The van der Waals surface area contributed by atoms with E-state index in [0.29, 0.717) is 6.04 Å². The summed E-state index contributed by atoms with van der Waals surface area (Å²) in [6, 6.07) is 6.73. The first-order valence-electron chi connectivity index (χ1n) is 6.78. The third kappa shape index (κ3) is 4.27. The average Bonchev–Trinajstić information content (AvgIpc) is 2.38. The van der Waals surface area contributed by atoms with Gasteiger partial charge in [0.15, 0.2) is 0 Å². The van der Waals surface area contributed by atoms with E-state index in [0.717, 1.165) is 36.6 Å². The van der Waals surface area contributed by atoms with Crippen molar-refractivity contribution in [3.63, 3.8) is 0 Å². The van der Waals surface area contributed by atoms with Crippen LogP contribution in [0.5, 0.6) is 0 Å². The number of benzene rings is 1. The van der Waals surface area contributed by atoms with Crippen LogP contribution in [0, 0.1) is 6.92 Å². The standard InChI is InChI=1S/C15H25ClN2/c1-5-18(6-2)10-9-15(17-4)13-8-7-12(3)14(16)11-13/h7-8,11,15,17H,5-6,9-10H2,1-4H3. The zero-order chi connectivity index (χ0) is 13.5. The van der Waals surface area contributed by atoms with Crippen molar-refractivity contribution in [3.05, 3.63) is 34.3 Å². The SMILES string of the molecule is CCN(CC)CCC(NC)c1ccc(C)c(Cl)c1. The summed E-state index contributed by atoms with van der Waals surface area (Å²) in [6.07, 6.45) is 1.11. The molecule has 0 saturated carbocycles. The van der Waals surface area contributed by atoms with E-state index < -0.39 is 0 Å². The van der Waals surface area contributed by atoms with Gasteiger partial charge in [-0.25, -0.2) is 0 Å². The van der Waals surface area contributed by atoms with Gasteiger partial charge in [0, 0.05) is 11.1 Å². The molecule has 3 heteroatoms. The Kier molecular flexibility index (Phi) is 6.69. The van der Waals surface area contributed by atoms with Gasteiger partial charge in [-0.05, 0) is 57.2 Å². The van der Waals surface area contributed by atoms with Crippen molar-refractivity contribution < 1.29 is 0 Å². The zero-order valence-corrected chi connectivity index (χ0v) is 12.7. The predicted octanol–water partition coefficient (Wildman–Crippen LogP) is 3.64. The molecule has 0 heterocycles. The van der Waals surface area contributed by atoms with E-state index in [-0.39, 0.29) is 0 Å². The first-order chi connectivity index (χ1) is 8.62. The lowest BCUT2D eigenvalue weighted by Gasteiger charge is -2.23. The predicted molar refractivity (Wildman–Crippen MR) is 80.4 cm³/mol. The van der Waals surface area contributed by atoms with Gasteiger partial charge in [0.1, 0.15) is 0 Å². The highest BCUT2D eigenvalue weighted by molar-refractivity contribution is 6.31. The Morgan fingerprint density at radius 2 is 1.94 bits per heavy atom. The largest absolute Gasteiger partial charge is 0.313 e. The third-order valence-corrected chi connectivity index (χ3v) is 3.98.